The maximum Gasteiger partial charge on any atom is 0.171 e. The zero-order chi connectivity index (χ0) is 21.3. The van der Waals surface area contributed by atoms with Crippen LogP contribution in [0.1, 0.15) is 18.9 Å². The quantitative estimate of drug-likeness (QED) is 0.373. The summed E-state index contributed by atoms with van der Waals surface area (Å²) in [4.78, 5) is 0.267. The molecule has 0 aliphatic rings. The normalized spacial score (nSPS) is 12.3. The summed E-state index contributed by atoms with van der Waals surface area (Å²) >= 11 is 0. The van der Waals surface area contributed by atoms with Crippen LogP contribution < -0.4 is 0 Å². The Bertz CT molecular complexity index is 1030. The lowest BCUT2D eigenvalue weighted by Crippen LogP contribution is -2.02. The summed E-state index contributed by atoms with van der Waals surface area (Å²) in [5.74, 6) is -4.41. The molecule has 0 radical (unpaired) electrons. The van der Waals surface area contributed by atoms with Gasteiger partial charge < -0.3 is 0 Å². The van der Waals surface area contributed by atoms with Crippen LogP contribution in [-0.4, -0.2) is 18.8 Å². The minimum absolute atomic E-state index is 0.0888. The Labute approximate surface area is 170 Å². The van der Waals surface area contributed by atoms with E-state index in [1.165, 1.54) is 24.3 Å². The first kappa shape index (κ1) is 21.4. The van der Waals surface area contributed by atoms with E-state index in [0.29, 0.717) is 5.56 Å². The van der Waals surface area contributed by atoms with Crippen LogP contribution in [0.4, 0.5) is 17.6 Å². The minimum Gasteiger partial charge on any atom is -0.220 e. The van der Waals surface area contributed by atoms with E-state index in [1.807, 2.05) is 30.9 Å². The Morgan fingerprint density at radius 1 is 0.621 bits per heavy atom. The van der Waals surface area contributed by atoms with Gasteiger partial charge in [0.1, 0.15) is 0 Å². The fourth-order valence-corrected chi connectivity index (χ4v) is 4.44. The van der Waals surface area contributed by atoms with Crippen molar-refractivity contribution in [2.45, 2.75) is 24.7 Å². The molecule has 0 heterocycles. The molecular formula is C24H24F4S. The predicted molar refractivity (Wildman–Crippen MR) is 115 cm³/mol. The van der Waals surface area contributed by atoms with Crippen molar-refractivity contribution < 1.29 is 17.6 Å². The third kappa shape index (κ3) is 4.20. The van der Waals surface area contributed by atoms with Gasteiger partial charge in [-0.25, -0.2) is 27.6 Å². The van der Waals surface area contributed by atoms with Gasteiger partial charge in [-0.05, 0) is 42.4 Å². The predicted octanol–water partition coefficient (Wildman–Crippen LogP) is 7.58. The summed E-state index contributed by atoms with van der Waals surface area (Å²) in [6.07, 6.45) is 7.42. The second-order valence-electron chi connectivity index (χ2n) is 7.81. The second-order valence-corrected chi connectivity index (χ2v) is 11.9. The van der Waals surface area contributed by atoms with Gasteiger partial charge in [0.25, 0.3) is 0 Å². The third-order valence-corrected chi connectivity index (χ3v) is 6.52. The Hall–Kier alpha value is -2.27. The number of rotatable bonds is 5. The highest BCUT2D eigenvalue weighted by molar-refractivity contribution is 8.32. The van der Waals surface area contributed by atoms with E-state index < -0.39 is 33.3 Å². The Kier molecular flexibility index (Phi) is 6.08. The molecule has 0 aliphatic heterocycles. The molecule has 0 nitrogen and oxygen atoms in total. The van der Waals surface area contributed by atoms with E-state index >= 15 is 0 Å². The summed E-state index contributed by atoms with van der Waals surface area (Å²) in [6.45, 7) is 2.07. The molecule has 0 amide bonds. The van der Waals surface area contributed by atoms with Crippen molar-refractivity contribution in [3.05, 3.63) is 77.4 Å². The fraction of sp³-hybridized carbons (Fsp3) is 0.250. The molecule has 5 heteroatoms. The van der Waals surface area contributed by atoms with Crippen LogP contribution in [0.3, 0.4) is 0 Å². The van der Waals surface area contributed by atoms with Gasteiger partial charge in [0.2, 0.25) is 0 Å². The lowest BCUT2D eigenvalue weighted by Gasteiger charge is -2.26. The summed E-state index contributed by atoms with van der Waals surface area (Å²) in [7, 11) is -1.51. The molecule has 3 aromatic carbocycles. The molecule has 3 aromatic rings. The molecule has 0 N–H and O–H groups in total. The number of aryl methyl sites for hydroxylation is 1. The van der Waals surface area contributed by atoms with E-state index in [0.717, 1.165) is 18.4 Å². The third-order valence-electron chi connectivity index (χ3n) is 4.88. The maximum absolute atomic E-state index is 14.8. The van der Waals surface area contributed by atoms with Gasteiger partial charge in [0.15, 0.2) is 23.3 Å². The minimum atomic E-state index is -1.51. The average molecular weight is 421 g/mol. The first-order chi connectivity index (χ1) is 13.6. The summed E-state index contributed by atoms with van der Waals surface area (Å²) in [5, 5.41) is 0. The first-order valence-electron chi connectivity index (χ1n) is 9.39. The molecular weight excluding hydrogens is 396 g/mol. The van der Waals surface area contributed by atoms with Crippen LogP contribution in [0.15, 0.2) is 53.4 Å². The van der Waals surface area contributed by atoms with Gasteiger partial charge in [-0.2, -0.15) is 0 Å². The van der Waals surface area contributed by atoms with E-state index in [9.17, 15) is 17.6 Å². The Balaban J connectivity index is 2.05. The van der Waals surface area contributed by atoms with Crippen molar-refractivity contribution in [1.82, 2.24) is 0 Å². The summed E-state index contributed by atoms with van der Waals surface area (Å²) in [5.41, 5.74) is 1.17. The van der Waals surface area contributed by atoms with Crippen molar-refractivity contribution in [1.29, 1.82) is 0 Å². The summed E-state index contributed by atoms with van der Waals surface area (Å²) < 4.78 is 58.8. The Morgan fingerprint density at radius 2 is 1.10 bits per heavy atom. The van der Waals surface area contributed by atoms with Crippen molar-refractivity contribution in [2.24, 2.45) is 0 Å². The van der Waals surface area contributed by atoms with E-state index in [-0.39, 0.29) is 21.6 Å². The standard InChI is InChI=1S/C24H24F4S/c1-5-6-15-7-9-16(10-8-15)17-11-12-18(22(26)21(17)25)19-13-14-20(29(2,3)4)24(28)23(19)27/h7-14H,5-6H2,1-4H3. The molecule has 0 aromatic heterocycles. The van der Waals surface area contributed by atoms with Crippen LogP contribution >= 0.6 is 10.0 Å². The van der Waals surface area contributed by atoms with Crippen LogP contribution in [0, 0.1) is 23.3 Å². The SMILES string of the molecule is CCCc1ccc(-c2ccc(-c3ccc(S(C)(C)C)c(F)c3F)c(F)c2F)cc1. The largest absolute Gasteiger partial charge is 0.220 e. The zero-order valence-corrected chi connectivity index (χ0v) is 17.8. The van der Waals surface area contributed by atoms with Gasteiger partial charge in [-0.3, -0.25) is 0 Å². The molecule has 0 fully saturated rings. The highest BCUT2D eigenvalue weighted by Gasteiger charge is 2.23. The zero-order valence-electron chi connectivity index (χ0n) is 17.0. The second kappa shape index (κ2) is 8.23. The molecule has 0 spiro atoms. The van der Waals surface area contributed by atoms with Crippen LogP contribution in [0.2, 0.25) is 0 Å². The molecule has 0 atom stereocenters. The van der Waals surface area contributed by atoms with Gasteiger partial charge in [-0.1, -0.05) is 55.8 Å². The van der Waals surface area contributed by atoms with Gasteiger partial charge in [-0.15, -0.1) is 0 Å². The number of hydrogen-bond donors (Lipinski definition) is 0. The molecule has 0 saturated carbocycles. The van der Waals surface area contributed by atoms with Crippen molar-refractivity contribution in [2.75, 3.05) is 18.8 Å². The maximum atomic E-state index is 14.8. The van der Waals surface area contributed by atoms with Crippen molar-refractivity contribution in [3.63, 3.8) is 0 Å². The van der Waals surface area contributed by atoms with Gasteiger partial charge >= 0.3 is 0 Å². The summed E-state index contributed by atoms with van der Waals surface area (Å²) in [6, 6.07) is 12.7. The number of halogens is 4. The van der Waals surface area contributed by atoms with Crippen molar-refractivity contribution >= 4 is 10.0 Å². The highest BCUT2D eigenvalue weighted by atomic mass is 32.3. The average Bonchev–Trinajstić information content (AvgIpc) is 2.66. The smallest absolute Gasteiger partial charge is 0.171 e. The molecule has 3 rings (SSSR count). The highest BCUT2D eigenvalue weighted by Crippen LogP contribution is 2.48. The lowest BCUT2D eigenvalue weighted by atomic mass is 9.97. The topological polar surface area (TPSA) is 0 Å². The van der Waals surface area contributed by atoms with E-state index in [4.69, 9.17) is 0 Å². The van der Waals surface area contributed by atoms with Gasteiger partial charge in [0, 0.05) is 21.6 Å². The van der Waals surface area contributed by atoms with Crippen LogP contribution in [0.5, 0.6) is 0 Å². The molecule has 0 unspecified atom stereocenters. The monoisotopic (exact) mass is 420 g/mol. The van der Waals surface area contributed by atoms with E-state index in [2.05, 4.69) is 6.92 Å². The molecule has 0 bridgehead atoms. The molecule has 0 aliphatic carbocycles. The van der Waals surface area contributed by atoms with Crippen molar-refractivity contribution in [3.8, 4) is 22.3 Å². The molecule has 29 heavy (non-hydrogen) atoms. The number of hydrogen-bond acceptors (Lipinski definition) is 0. The lowest BCUT2D eigenvalue weighted by molar-refractivity contribution is 0.489. The molecule has 0 saturated heterocycles. The fourth-order valence-electron chi connectivity index (χ4n) is 3.33. The van der Waals surface area contributed by atoms with Gasteiger partial charge in [0.05, 0.1) is 0 Å². The number of benzene rings is 3. The Morgan fingerprint density at radius 3 is 1.66 bits per heavy atom. The van der Waals surface area contributed by atoms with Crippen LogP contribution in [0.25, 0.3) is 22.3 Å². The van der Waals surface area contributed by atoms with E-state index in [1.54, 1.807) is 12.1 Å². The van der Waals surface area contributed by atoms with Crippen LogP contribution in [-0.2, 0) is 6.42 Å². The first-order valence-corrected chi connectivity index (χ1v) is 12.2. The molecule has 154 valence electrons.